The summed E-state index contributed by atoms with van der Waals surface area (Å²) in [6.07, 6.45) is 0. The van der Waals surface area contributed by atoms with Gasteiger partial charge in [0.25, 0.3) is 0 Å². The van der Waals surface area contributed by atoms with Crippen LogP contribution < -0.4 is 9.64 Å². The smallest absolute Gasteiger partial charge is 0.134 e. The van der Waals surface area contributed by atoms with E-state index < -0.39 is 0 Å². The maximum atomic E-state index is 10.4. The minimum Gasteiger partial charge on any atom is -0.508 e. The third-order valence-electron chi connectivity index (χ3n) is 6.64. The Hall–Kier alpha value is -4.12. The zero-order valence-electron chi connectivity index (χ0n) is 21.0. The highest BCUT2D eigenvalue weighted by atomic mass is 16.5. The molecule has 0 bridgehead atoms. The molecule has 180 valence electrons. The lowest BCUT2D eigenvalue weighted by Crippen LogP contribution is -2.13. The van der Waals surface area contributed by atoms with Gasteiger partial charge >= 0.3 is 0 Å². The number of aromatic hydroxyl groups is 3. The fraction of sp³-hybridized carbons (Fsp3) is 0.200. The third-order valence-corrected chi connectivity index (χ3v) is 6.64. The molecule has 35 heavy (non-hydrogen) atoms. The molecular formula is C30H31NO4. The molecule has 5 nitrogen and oxygen atoms in total. The van der Waals surface area contributed by atoms with Crippen molar-refractivity contribution < 1.29 is 20.1 Å². The van der Waals surface area contributed by atoms with E-state index in [9.17, 15) is 15.3 Å². The average molecular weight is 470 g/mol. The fourth-order valence-corrected chi connectivity index (χ4v) is 4.23. The summed E-state index contributed by atoms with van der Waals surface area (Å²) < 4.78 is 6.06. The molecule has 0 fully saturated rings. The molecule has 0 aliphatic heterocycles. The lowest BCUT2D eigenvalue weighted by Gasteiger charge is -2.30. The van der Waals surface area contributed by atoms with Gasteiger partial charge in [-0.15, -0.1) is 0 Å². The molecule has 0 saturated heterocycles. The van der Waals surface area contributed by atoms with Gasteiger partial charge in [-0.3, -0.25) is 0 Å². The van der Waals surface area contributed by atoms with Crippen LogP contribution in [0.25, 0.3) is 0 Å². The van der Waals surface area contributed by atoms with Crippen LogP contribution in [-0.2, 0) is 0 Å². The van der Waals surface area contributed by atoms with Gasteiger partial charge in [0.15, 0.2) is 0 Å². The summed E-state index contributed by atoms with van der Waals surface area (Å²) >= 11 is 0. The van der Waals surface area contributed by atoms with Crippen molar-refractivity contribution >= 4 is 17.1 Å². The average Bonchev–Trinajstić information content (AvgIpc) is 2.81. The highest BCUT2D eigenvalue weighted by Gasteiger charge is 2.20. The van der Waals surface area contributed by atoms with Gasteiger partial charge in [-0.25, -0.2) is 0 Å². The lowest BCUT2D eigenvalue weighted by molar-refractivity contribution is 0.445. The molecule has 4 aromatic rings. The first-order valence-electron chi connectivity index (χ1n) is 11.5. The standard InChI is InChI=1S/C30H31NO4/c1-17-7-12-29(22(6)30(17)34)35-26-10-8-23(9-11-26)31(27-15-24(32)13-18(2)20(27)4)28-16-25(33)14-19(3)21(28)5/h7-16,32-34H,1-6H3. The van der Waals surface area contributed by atoms with Crippen LogP contribution in [0.1, 0.15) is 33.4 Å². The number of ether oxygens (including phenoxy) is 1. The monoisotopic (exact) mass is 469 g/mol. The van der Waals surface area contributed by atoms with Gasteiger partial charge in [-0.2, -0.15) is 0 Å². The van der Waals surface area contributed by atoms with Crippen molar-refractivity contribution in [2.45, 2.75) is 41.5 Å². The molecule has 0 aromatic heterocycles. The summed E-state index contributed by atoms with van der Waals surface area (Å²) in [6.45, 7) is 11.7. The maximum Gasteiger partial charge on any atom is 0.134 e. The quantitative estimate of drug-likeness (QED) is 0.277. The molecule has 0 aliphatic rings. The SMILES string of the molecule is Cc1cc(O)cc(N(c2ccc(Oc3ccc(C)c(O)c3C)cc2)c2cc(O)cc(C)c2C)c1C. The van der Waals surface area contributed by atoms with Crippen LogP contribution >= 0.6 is 0 Å². The molecule has 0 aliphatic carbocycles. The second-order valence-electron chi connectivity index (χ2n) is 9.10. The second kappa shape index (κ2) is 9.26. The Kier molecular flexibility index (Phi) is 6.35. The Morgan fingerprint density at radius 3 is 1.60 bits per heavy atom. The number of hydrogen-bond acceptors (Lipinski definition) is 5. The zero-order chi connectivity index (χ0) is 25.4. The van der Waals surface area contributed by atoms with Crippen LogP contribution in [0.2, 0.25) is 0 Å². The first kappa shape index (κ1) is 24.0. The maximum absolute atomic E-state index is 10.4. The van der Waals surface area contributed by atoms with E-state index in [-0.39, 0.29) is 17.2 Å². The predicted molar refractivity (Wildman–Crippen MR) is 141 cm³/mol. The van der Waals surface area contributed by atoms with Crippen molar-refractivity contribution in [1.29, 1.82) is 0 Å². The number of phenolic OH excluding ortho intramolecular Hbond substituents is 3. The summed E-state index contributed by atoms with van der Waals surface area (Å²) in [6, 6.07) is 18.3. The highest BCUT2D eigenvalue weighted by Crippen LogP contribution is 2.43. The first-order chi connectivity index (χ1) is 16.6. The molecule has 3 N–H and O–H groups in total. The number of aryl methyl sites for hydroxylation is 3. The summed E-state index contributed by atoms with van der Waals surface area (Å²) in [5.41, 5.74) is 7.96. The molecule has 0 saturated carbocycles. The number of nitrogens with zero attached hydrogens (tertiary/aromatic N) is 1. The molecule has 4 rings (SSSR count). The molecule has 0 amide bonds. The molecule has 0 spiro atoms. The van der Waals surface area contributed by atoms with Crippen LogP contribution in [0.3, 0.4) is 0 Å². The molecule has 0 radical (unpaired) electrons. The van der Waals surface area contributed by atoms with Crippen LogP contribution in [-0.4, -0.2) is 15.3 Å². The number of hydrogen-bond donors (Lipinski definition) is 3. The highest BCUT2D eigenvalue weighted by molar-refractivity contribution is 5.82. The van der Waals surface area contributed by atoms with E-state index in [0.717, 1.165) is 44.9 Å². The number of rotatable bonds is 5. The van der Waals surface area contributed by atoms with E-state index in [4.69, 9.17) is 4.74 Å². The van der Waals surface area contributed by atoms with E-state index in [1.54, 1.807) is 24.3 Å². The van der Waals surface area contributed by atoms with Crippen molar-refractivity contribution in [2.24, 2.45) is 0 Å². The lowest BCUT2D eigenvalue weighted by atomic mass is 10.0. The molecule has 4 aromatic carbocycles. The minimum atomic E-state index is 0.178. The Balaban J connectivity index is 1.82. The van der Waals surface area contributed by atoms with Crippen molar-refractivity contribution in [2.75, 3.05) is 4.90 Å². The predicted octanol–water partition coefficient (Wildman–Crippen LogP) is 7.92. The normalized spacial score (nSPS) is 10.9. The van der Waals surface area contributed by atoms with E-state index in [0.29, 0.717) is 17.1 Å². The van der Waals surface area contributed by atoms with Gasteiger partial charge < -0.3 is 25.0 Å². The van der Waals surface area contributed by atoms with Crippen LogP contribution in [0.4, 0.5) is 17.1 Å². The second-order valence-corrected chi connectivity index (χ2v) is 9.10. The van der Waals surface area contributed by atoms with Gasteiger partial charge in [0, 0.05) is 23.4 Å². The third kappa shape index (κ3) is 4.62. The van der Waals surface area contributed by atoms with E-state index in [1.165, 1.54) is 0 Å². The first-order valence-corrected chi connectivity index (χ1v) is 11.5. The van der Waals surface area contributed by atoms with Crippen LogP contribution in [0.15, 0.2) is 60.7 Å². The summed E-state index contributed by atoms with van der Waals surface area (Å²) in [5.74, 6) is 1.81. The van der Waals surface area contributed by atoms with Gasteiger partial charge in [-0.05, 0) is 112 Å². The van der Waals surface area contributed by atoms with Crippen molar-refractivity contribution in [3.63, 3.8) is 0 Å². The minimum absolute atomic E-state index is 0.178. The molecule has 0 atom stereocenters. The van der Waals surface area contributed by atoms with Crippen LogP contribution in [0.5, 0.6) is 28.7 Å². The Labute approximate surface area is 206 Å². The topological polar surface area (TPSA) is 73.2 Å². The van der Waals surface area contributed by atoms with Crippen LogP contribution in [0, 0.1) is 41.5 Å². The summed E-state index contributed by atoms with van der Waals surface area (Å²) in [7, 11) is 0. The molecule has 5 heteroatoms. The Morgan fingerprint density at radius 1 is 0.571 bits per heavy atom. The van der Waals surface area contributed by atoms with Gasteiger partial charge in [0.2, 0.25) is 0 Å². The largest absolute Gasteiger partial charge is 0.508 e. The van der Waals surface area contributed by atoms with Gasteiger partial charge in [0.05, 0.1) is 11.4 Å². The molecule has 0 unspecified atom stereocenters. The van der Waals surface area contributed by atoms with Gasteiger partial charge in [0.1, 0.15) is 28.7 Å². The zero-order valence-corrected chi connectivity index (χ0v) is 21.0. The van der Waals surface area contributed by atoms with E-state index in [1.807, 2.05) is 82.8 Å². The Bertz CT molecular complexity index is 1350. The number of benzene rings is 4. The molecular weight excluding hydrogens is 438 g/mol. The fourth-order valence-electron chi connectivity index (χ4n) is 4.23. The molecule has 0 heterocycles. The number of anilines is 3. The van der Waals surface area contributed by atoms with Gasteiger partial charge in [-0.1, -0.05) is 6.07 Å². The summed E-state index contributed by atoms with van der Waals surface area (Å²) in [4.78, 5) is 2.04. The Morgan fingerprint density at radius 2 is 1.09 bits per heavy atom. The van der Waals surface area contributed by atoms with Crippen molar-refractivity contribution in [3.8, 4) is 28.7 Å². The van der Waals surface area contributed by atoms with E-state index >= 15 is 0 Å². The number of phenols is 3. The van der Waals surface area contributed by atoms with E-state index in [2.05, 4.69) is 0 Å². The van der Waals surface area contributed by atoms with Crippen molar-refractivity contribution in [1.82, 2.24) is 0 Å². The summed E-state index contributed by atoms with van der Waals surface area (Å²) in [5, 5.41) is 31.0. The van der Waals surface area contributed by atoms with Crippen molar-refractivity contribution in [3.05, 3.63) is 94.0 Å².